The first kappa shape index (κ1) is 19.2. The summed E-state index contributed by atoms with van der Waals surface area (Å²) in [6.45, 7) is 2.12. The molecule has 1 aromatic carbocycles. The minimum atomic E-state index is -0.213. The lowest BCUT2D eigenvalue weighted by Crippen LogP contribution is -2.55. The van der Waals surface area contributed by atoms with Crippen LogP contribution >= 0.6 is 11.8 Å². The van der Waals surface area contributed by atoms with Gasteiger partial charge in [0.25, 0.3) is 0 Å². The highest BCUT2D eigenvalue weighted by Crippen LogP contribution is 2.39. The van der Waals surface area contributed by atoms with Crippen molar-refractivity contribution in [3.05, 3.63) is 23.8 Å². The maximum absolute atomic E-state index is 12.6. The predicted octanol–water partition coefficient (Wildman–Crippen LogP) is 1.21. The van der Waals surface area contributed by atoms with E-state index in [0.717, 1.165) is 35.7 Å². The topological polar surface area (TPSA) is 83.1 Å². The number of amides is 3. The molecule has 9 heteroatoms. The quantitative estimate of drug-likeness (QED) is 0.785. The van der Waals surface area contributed by atoms with Crippen LogP contribution in [0.15, 0.2) is 18.2 Å². The molecule has 0 aromatic heterocycles. The van der Waals surface area contributed by atoms with E-state index < -0.39 is 0 Å². The van der Waals surface area contributed by atoms with E-state index in [1.165, 1.54) is 0 Å². The molecule has 0 bridgehead atoms. The summed E-state index contributed by atoms with van der Waals surface area (Å²) in [5.41, 5.74) is 0.980. The number of ether oxygens (including phenoxy) is 2. The Morgan fingerprint density at radius 3 is 2.79 bits per heavy atom. The summed E-state index contributed by atoms with van der Waals surface area (Å²) in [5, 5.41) is 6.54. The average Bonchev–Trinajstić information content (AvgIpc) is 3.33. The minimum absolute atomic E-state index is 0.00818. The summed E-state index contributed by atoms with van der Waals surface area (Å²) >= 11 is 1.80. The van der Waals surface area contributed by atoms with Gasteiger partial charge in [-0.05, 0) is 30.5 Å². The highest BCUT2D eigenvalue weighted by atomic mass is 32.2. The van der Waals surface area contributed by atoms with E-state index in [1.807, 2.05) is 23.1 Å². The van der Waals surface area contributed by atoms with Gasteiger partial charge in [0.15, 0.2) is 11.5 Å². The van der Waals surface area contributed by atoms with Crippen molar-refractivity contribution < 1.29 is 19.1 Å². The molecule has 0 radical (unpaired) electrons. The van der Waals surface area contributed by atoms with Gasteiger partial charge in [-0.2, -0.15) is 0 Å². The fourth-order valence-electron chi connectivity index (χ4n) is 3.78. The summed E-state index contributed by atoms with van der Waals surface area (Å²) in [6.07, 6.45) is 1.70. The van der Waals surface area contributed by atoms with Crippen molar-refractivity contribution in [3.63, 3.8) is 0 Å². The second kappa shape index (κ2) is 7.71. The molecule has 2 fully saturated rings. The van der Waals surface area contributed by atoms with Crippen LogP contribution in [0.5, 0.6) is 11.5 Å². The number of carbonyl (C=O) groups is 2. The van der Waals surface area contributed by atoms with E-state index in [4.69, 9.17) is 9.47 Å². The normalized spacial score (nSPS) is 22.4. The third kappa shape index (κ3) is 3.86. The number of rotatable bonds is 3. The molecule has 3 heterocycles. The van der Waals surface area contributed by atoms with Gasteiger partial charge in [0.1, 0.15) is 0 Å². The van der Waals surface area contributed by atoms with Crippen molar-refractivity contribution in [1.29, 1.82) is 0 Å². The van der Waals surface area contributed by atoms with Crippen molar-refractivity contribution in [2.45, 2.75) is 30.3 Å². The van der Waals surface area contributed by atoms with Gasteiger partial charge >= 0.3 is 6.03 Å². The molecule has 1 atom stereocenters. The van der Waals surface area contributed by atoms with Crippen molar-refractivity contribution >= 4 is 23.7 Å². The fraction of sp³-hybridized carbons (Fsp3) is 0.579. The van der Waals surface area contributed by atoms with Crippen LogP contribution in [-0.2, 0) is 11.3 Å². The highest BCUT2D eigenvalue weighted by molar-refractivity contribution is 8.01. The summed E-state index contributed by atoms with van der Waals surface area (Å²) in [6, 6.07) is 5.54. The molecular formula is C19H26N4O4S. The molecule has 2 saturated heterocycles. The van der Waals surface area contributed by atoms with Gasteiger partial charge in [-0.15, -0.1) is 11.8 Å². The summed E-state index contributed by atoms with van der Waals surface area (Å²) in [4.78, 5) is 28.1. The van der Waals surface area contributed by atoms with E-state index in [2.05, 4.69) is 10.6 Å². The lowest BCUT2D eigenvalue weighted by Gasteiger charge is -2.39. The summed E-state index contributed by atoms with van der Waals surface area (Å²) < 4.78 is 10.7. The number of thioether (sulfide) groups is 1. The van der Waals surface area contributed by atoms with Crippen molar-refractivity contribution in [2.24, 2.45) is 0 Å². The average molecular weight is 407 g/mol. The van der Waals surface area contributed by atoms with Crippen LogP contribution in [0.2, 0.25) is 0 Å². The molecule has 2 N–H and O–H groups in total. The zero-order valence-corrected chi connectivity index (χ0v) is 17.0. The molecule has 152 valence electrons. The number of fused-ring (bicyclic) bond motifs is 1. The van der Waals surface area contributed by atoms with Crippen LogP contribution in [0, 0.1) is 0 Å². The van der Waals surface area contributed by atoms with E-state index in [1.54, 1.807) is 30.8 Å². The van der Waals surface area contributed by atoms with Crippen molar-refractivity contribution in [2.75, 3.05) is 39.7 Å². The zero-order valence-electron chi connectivity index (χ0n) is 16.2. The molecule has 28 heavy (non-hydrogen) atoms. The van der Waals surface area contributed by atoms with Gasteiger partial charge in [0.05, 0.1) is 10.9 Å². The number of benzene rings is 1. The van der Waals surface area contributed by atoms with E-state index in [0.29, 0.717) is 19.6 Å². The van der Waals surface area contributed by atoms with E-state index in [9.17, 15) is 9.59 Å². The van der Waals surface area contributed by atoms with E-state index in [-0.39, 0.29) is 29.6 Å². The van der Waals surface area contributed by atoms with Gasteiger partial charge < -0.3 is 24.6 Å². The monoisotopic (exact) mass is 406 g/mol. The number of nitrogens with one attached hydrogen (secondary N) is 2. The first-order valence-electron chi connectivity index (χ1n) is 9.50. The van der Waals surface area contributed by atoms with Crippen LogP contribution in [0.1, 0.15) is 18.4 Å². The molecule has 3 amide bonds. The van der Waals surface area contributed by atoms with Crippen molar-refractivity contribution in [3.8, 4) is 11.5 Å². The maximum atomic E-state index is 12.6. The molecule has 4 rings (SSSR count). The Kier molecular flexibility index (Phi) is 5.29. The first-order chi connectivity index (χ1) is 13.5. The molecule has 1 spiro atoms. The summed E-state index contributed by atoms with van der Waals surface area (Å²) in [5.74, 6) is 2.22. The van der Waals surface area contributed by atoms with Gasteiger partial charge in [0.2, 0.25) is 12.7 Å². The lowest BCUT2D eigenvalue weighted by atomic mass is 10.0. The number of carbonyl (C=O) groups excluding carboxylic acids is 2. The van der Waals surface area contributed by atoms with Gasteiger partial charge in [-0.25, -0.2) is 4.79 Å². The SMILES string of the molecule is CN(C)C(=O)N1CCC2(CC1)NC(C(=O)NCc1ccc3c(c1)OCO3)CS2. The second-order valence-corrected chi connectivity index (χ2v) is 8.98. The molecule has 3 aliphatic rings. The Bertz CT molecular complexity index is 764. The van der Waals surface area contributed by atoms with Gasteiger partial charge in [0, 0.05) is 39.5 Å². The largest absolute Gasteiger partial charge is 0.454 e. The smallest absolute Gasteiger partial charge is 0.319 e. The second-order valence-electron chi connectivity index (χ2n) is 7.57. The van der Waals surface area contributed by atoms with Crippen LogP contribution in [0.3, 0.4) is 0 Å². The van der Waals surface area contributed by atoms with E-state index >= 15 is 0 Å². The molecule has 8 nitrogen and oxygen atoms in total. The standard InChI is InChI=1S/C19H26N4O4S/c1-22(2)18(25)23-7-5-19(6-8-23)21-14(11-28-19)17(24)20-10-13-3-4-15-16(9-13)27-12-26-15/h3-4,9,14,21H,5-8,10-12H2,1-2H3,(H,20,24). The Hall–Kier alpha value is -2.13. The van der Waals surface area contributed by atoms with Crippen molar-refractivity contribution in [1.82, 2.24) is 20.4 Å². The number of nitrogens with zero attached hydrogens (tertiary/aromatic N) is 2. The first-order valence-corrected chi connectivity index (χ1v) is 10.5. The third-order valence-electron chi connectivity index (χ3n) is 5.41. The van der Waals surface area contributed by atoms with Crippen LogP contribution in [-0.4, -0.2) is 72.4 Å². The Labute approximate surface area is 168 Å². The number of hydrogen-bond donors (Lipinski definition) is 2. The van der Waals surface area contributed by atoms with Crippen LogP contribution in [0.4, 0.5) is 4.79 Å². The highest BCUT2D eigenvalue weighted by Gasteiger charge is 2.44. The zero-order chi connectivity index (χ0) is 19.7. The molecule has 0 saturated carbocycles. The van der Waals surface area contributed by atoms with Crippen LogP contribution < -0.4 is 20.1 Å². The lowest BCUT2D eigenvalue weighted by molar-refractivity contribution is -0.122. The molecular weight excluding hydrogens is 380 g/mol. The number of urea groups is 1. The number of likely N-dealkylation sites (tertiary alicyclic amines) is 1. The number of hydrogen-bond acceptors (Lipinski definition) is 6. The molecule has 3 aliphatic heterocycles. The molecule has 1 aromatic rings. The van der Waals surface area contributed by atoms with Gasteiger partial charge in [-0.1, -0.05) is 6.07 Å². The summed E-state index contributed by atoms with van der Waals surface area (Å²) in [7, 11) is 3.55. The molecule has 0 aliphatic carbocycles. The van der Waals surface area contributed by atoms with Crippen LogP contribution in [0.25, 0.3) is 0 Å². The molecule has 1 unspecified atom stereocenters. The Morgan fingerprint density at radius 2 is 2.04 bits per heavy atom. The maximum Gasteiger partial charge on any atom is 0.319 e. The third-order valence-corrected chi connectivity index (χ3v) is 6.99. The Morgan fingerprint density at radius 1 is 1.29 bits per heavy atom. The fourth-order valence-corrected chi connectivity index (χ4v) is 5.20. The Balaban J connectivity index is 1.27. The predicted molar refractivity (Wildman–Crippen MR) is 106 cm³/mol. The number of piperidine rings is 1. The minimum Gasteiger partial charge on any atom is -0.454 e. The van der Waals surface area contributed by atoms with Gasteiger partial charge in [-0.3, -0.25) is 10.1 Å².